The molecule has 0 fully saturated rings. The molecule has 1 aromatic heterocycles. The van der Waals surface area contributed by atoms with Crippen LogP contribution in [0, 0.1) is 0 Å². The van der Waals surface area contributed by atoms with Crippen molar-refractivity contribution in [2.45, 2.75) is 31.2 Å². The first-order valence-corrected chi connectivity index (χ1v) is 11.6. The van der Waals surface area contributed by atoms with Gasteiger partial charge in [-0.1, -0.05) is 41.7 Å². The number of amides is 1. The fourth-order valence-corrected chi connectivity index (χ4v) is 4.56. The minimum Gasteiger partial charge on any atom is -0.465 e. The highest BCUT2D eigenvalue weighted by atomic mass is 32.2. The standard InChI is InChI=1S/C20H21N3O5S2/c1-2-28-19(25)13-23-16-10-9-15(30(21,26)27)12-17(16)29-20(23)22-18(24)11-8-14-6-4-3-5-7-14/h3-7,9-10,12H,2,8,11,13H2,1H3,(H2,21,26,27). The zero-order chi connectivity index (χ0) is 21.7. The van der Waals surface area contributed by atoms with Gasteiger partial charge in [-0.25, -0.2) is 13.6 Å². The normalized spacial score (nSPS) is 12.3. The van der Waals surface area contributed by atoms with Gasteiger partial charge in [-0.05, 0) is 37.1 Å². The number of nitrogens with two attached hydrogens (primary N) is 1. The molecular weight excluding hydrogens is 426 g/mol. The van der Waals surface area contributed by atoms with Crippen molar-refractivity contribution in [1.82, 2.24) is 4.57 Å². The van der Waals surface area contributed by atoms with Gasteiger partial charge in [-0.15, -0.1) is 0 Å². The van der Waals surface area contributed by atoms with Gasteiger partial charge >= 0.3 is 5.97 Å². The number of esters is 1. The van der Waals surface area contributed by atoms with Crippen LogP contribution in [0.5, 0.6) is 0 Å². The zero-order valence-electron chi connectivity index (χ0n) is 16.3. The van der Waals surface area contributed by atoms with Gasteiger partial charge in [-0.2, -0.15) is 4.99 Å². The smallest absolute Gasteiger partial charge is 0.326 e. The summed E-state index contributed by atoms with van der Waals surface area (Å²) in [4.78, 5) is 28.9. The van der Waals surface area contributed by atoms with Crippen molar-refractivity contribution < 1.29 is 22.7 Å². The van der Waals surface area contributed by atoms with Crippen LogP contribution in [0.2, 0.25) is 0 Å². The topological polar surface area (TPSA) is 121 Å². The predicted molar refractivity (Wildman–Crippen MR) is 113 cm³/mol. The van der Waals surface area contributed by atoms with E-state index < -0.39 is 16.0 Å². The van der Waals surface area contributed by atoms with E-state index in [9.17, 15) is 18.0 Å². The lowest BCUT2D eigenvalue weighted by atomic mass is 10.1. The third kappa shape index (κ3) is 5.41. The van der Waals surface area contributed by atoms with Crippen molar-refractivity contribution in [3.63, 3.8) is 0 Å². The monoisotopic (exact) mass is 447 g/mol. The number of hydrogen-bond donors (Lipinski definition) is 1. The van der Waals surface area contributed by atoms with Crippen molar-refractivity contribution >= 4 is 43.5 Å². The summed E-state index contributed by atoms with van der Waals surface area (Å²) in [7, 11) is -3.88. The molecule has 30 heavy (non-hydrogen) atoms. The van der Waals surface area contributed by atoms with Gasteiger partial charge in [0.2, 0.25) is 15.9 Å². The lowest BCUT2D eigenvalue weighted by molar-refractivity contribution is -0.143. The summed E-state index contributed by atoms with van der Waals surface area (Å²) in [6.45, 7) is 1.78. The Morgan fingerprint density at radius 1 is 1.17 bits per heavy atom. The van der Waals surface area contributed by atoms with Crippen LogP contribution in [0.25, 0.3) is 10.2 Å². The quantitative estimate of drug-likeness (QED) is 0.555. The SMILES string of the molecule is CCOC(=O)Cn1c(=NC(=O)CCc2ccccc2)sc2cc(S(N)(=O)=O)ccc21. The van der Waals surface area contributed by atoms with E-state index in [0.29, 0.717) is 21.4 Å². The van der Waals surface area contributed by atoms with Crippen LogP contribution < -0.4 is 9.94 Å². The number of hydrogen-bond acceptors (Lipinski definition) is 6. The van der Waals surface area contributed by atoms with Gasteiger partial charge in [0.1, 0.15) is 6.54 Å². The lowest BCUT2D eigenvalue weighted by Crippen LogP contribution is -2.23. The minimum absolute atomic E-state index is 0.0542. The molecule has 3 aromatic rings. The molecular formula is C20H21N3O5S2. The van der Waals surface area contributed by atoms with Crippen molar-refractivity contribution in [3.05, 3.63) is 58.9 Å². The lowest BCUT2D eigenvalue weighted by Gasteiger charge is -2.05. The van der Waals surface area contributed by atoms with Crippen LogP contribution >= 0.6 is 11.3 Å². The Morgan fingerprint density at radius 3 is 2.57 bits per heavy atom. The highest BCUT2D eigenvalue weighted by molar-refractivity contribution is 7.89. The third-order valence-electron chi connectivity index (χ3n) is 4.27. The average Bonchev–Trinajstić information content (AvgIpc) is 3.03. The van der Waals surface area contributed by atoms with Crippen molar-refractivity contribution in [3.8, 4) is 0 Å². The number of sulfonamides is 1. The van der Waals surface area contributed by atoms with Crippen LogP contribution in [0.3, 0.4) is 0 Å². The maximum atomic E-state index is 12.4. The molecule has 0 aliphatic carbocycles. The maximum Gasteiger partial charge on any atom is 0.326 e. The molecule has 2 aromatic carbocycles. The van der Waals surface area contributed by atoms with E-state index in [1.807, 2.05) is 30.3 Å². The van der Waals surface area contributed by atoms with Gasteiger partial charge in [-0.3, -0.25) is 9.59 Å². The Morgan fingerprint density at radius 2 is 1.90 bits per heavy atom. The van der Waals surface area contributed by atoms with Crippen LogP contribution in [0.15, 0.2) is 58.4 Å². The molecule has 3 rings (SSSR count). The van der Waals surface area contributed by atoms with Crippen molar-refractivity contribution in [1.29, 1.82) is 0 Å². The van der Waals surface area contributed by atoms with E-state index in [2.05, 4.69) is 4.99 Å². The second-order valence-electron chi connectivity index (χ2n) is 6.44. The summed E-state index contributed by atoms with van der Waals surface area (Å²) in [5.74, 6) is -0.819. The molecule has 0 radical (unpaired) electrons. The van der Waals surface area contributed by atoms with Crippen LogP contribution in [-0.4, -0.2) is 31.5 Å². The van der Waals surface area contributed by atoms with E-state index in [1.54, 1.807) is 11.5 Å². The van der Waals surface area contributed by atoms with E-state index in [0.717, 1.165) is 16.9 Å². The summed E-state index contributed by atoms with van der Waals surface area (Å²) >= 11 is 1.11. The average molecular weight is 448 g/mol. The van der Waals surface area contributed by atoms with Gasteiger partial charge in [0, 0.05) is 6.42 Å². The molecule has 8 nitrogen and oxygen atoms in total. The highest BCUT2D eigenvalue weighted by Crippen LogP contribution is 2.21. The van der Waals surface area contributed by atoms with Gasteiger partial charge in [0.15, 0.2) is 4.80 Å². The van der Waals surface area contributed by atoms with E-state index in [-0.39, 0.29) is 30.4 Å². The first-order valence-electron chi connectivity index (χ1n) is 9.21. The predicted octanol–water partition coefficient (Wildman–Crippen LogP) is 1.97. The van der Waals surface area contributed by atoms with Crippen LogP contribution in [0.4, 0.5) is 0 Å². The van der Waals surface area contributed by atoms with Gasteiger partial charge in [0.25, 0.3) is 0 Å². The number of rotatable bonds is 7. The molecule has 2 N–H and O–H groups in total. The summed E-state index contributed by atoms with van der Waals surface area (Å²) in [6.07, 6.45) is 0.752. The molecule has 0 atom stereocenters. The number of benzene rings is 2. The first kappa shape index (κ1) is 21.9. The number of nitrogens with zero attached hydrogens (tertiary/aromatic N) is 2. The second kappa shape index (κ2) is 9.33. The second-order valence-corrected chi connectivity index (χ2v) is 9.01. The summed E-state index contributed by atoms with van der Waals surface area (Å²) in [5, 5.41) is 5.21. The summed E-state index contributed by atoms with van der Waals surface area (Å²) in [5.41, 5.74) is 1.59. The Balaban J connectivity index is 1.98. The number of aryl methyl sites for hydroxylation is 1. The van der Waals surface area contributed by atoms with Crippen molar-refractivity contribution in [2.24, 2.45) is 10.1 Å². The zero-order valence-corrected chi connectivity index (χ0v) is 17.9. The number of fused-ring (bicyclic) bond motifs is 1. The summed E-state index contributed by atoms with van der Waals surface area (Å²) < 4.78 is 30.4. The fraction of sp³-hybridized carbons (Fsp3) is 0.250. The number of carbonyl (C=O) groups excluding carboxylic acids is 2. The number of aromatic nitrogens is 1. The van der Waals surface area contributed by atoms with Crippen LogP contribution in [0.1, 0.15) is 18.9 Å². The molecule has 0 bridgehead atoms. The molecule has 158 valence electrons. The molecule has 0 spiro atoms. The Kier molecular flexibility index (Phi) is 6.80. The molecule has 0 saturated carbocycles. The number of ether oxygens (including phenoxy) is 1. The minimum atomic E-state index is -3.88. The van der Waals surface area contributed by atoms with Crippen molar-refractivity contribution in [2.75, 3.05) is 6.61 Å². The largest absolute Gasteiger partial charge is 0.465 e. The van der Waals surface area contributed by atoms with E-state index >= 15 is 0 Å². The molecule has 0 aliphatic heterocycles. The molecule has 0 unspecified atom stereocenters. The number of thiazole rings is 1. The highest BCUT2D eigenvalue weighted by Gasteiger charge is 2.15. The molecule has 1 heterocycles. The molecule has 0 aliphatic rings. The fourth-order valence-electron chi connectivity index (χ4n) is 2.86. The number of primary sulfonamides is 1. The maximum absolute atomic E-state index is 12.4. The Labute approximate surface area is 177 Å². The summed E-state index contributed by atoms with van der Waals surface area (Å²) in [6, 6.07) is 13.9. The molecule has 0 saturated heterocycles. The molecule has 1 amide bonds. The van der Waals surface area contributed by atoms with E-state index in [1.165, 1.54) is 18.2 Å². The van der Waals surface area contributed by atoms with E-state index in [4.69, 9.17) is 9.88 Å². The first-order chi connectivity index (χ1) is 14.3. The number of carbonyl (C=O) groups is 2. The Bertz CT molecular complexity index is 1240. The van der Waals surface area contributed by atoms with Gasteiger partial charge < -0.3 is 9.30 Å². The van der Waals surface area contributed by atoms with Gasteiger partial charge in [0.05, 0.1) is 21.7 Å². The Hall–Kier alpha value is -2.82. The molecule has 10 heteroatoms. The van der Waals surface area contributed by atoms with Crippen LogP contribution in [-0.2, 0) is 37.3 Å². The third-order valence-corrected chi connectivity index (χ3v) is 6.22.